The third kappa shape index (κ3) is 4.53. The number of nitrogens with zero attached hydrogens (tertiary/aromatic N) is 2. The summed E-state index contributed by atoms with van der Waals surface area (Å²) < 4.78 is 27.8. The molecule has 33 heavy (non-hydrogen) atoms. The zero-order valence-corrected chi connectivity index (χ0v) is 18.4. The third-order valence-corrected chi connectivity index (χ3v) is 5.97. The van der Waals surface area contributed by atoms with Crippen LogP contribution >= 0.6 is 0 Å². The average molecular weight is 452 g/mol. The Morgan fingerprint density at radius 1 is 1.30 bits per heavy atom. The van der Waals surface area contributed by atoms with Crippen molar-refractivity contribution in [3.63, 3.8) is 0 Å². The molecule has 2 N–H and O–H groups in total. The molecule has 0 bridgehead atoms. The second kappa shape index (κ2) is 9.17. The maximum Gasteiger partial charge on any atom is 0.419 e. The van der Waals surface area contributed by atoms with Crippen molar-refractivity contribution in [1.29, 1.82) is 5.26 Å². The number of alkyl halides is 1. The van der Waals surface area contributed by atoms with Crippen LogP contribution in [-0.2, 0) is 22.2 Å². The second-order valence-electron chi connectivity index (χ2n) is 8.25. The molecule has 4 rings (SSSR count). The minimum atomic E-state index is -2.13. The van der Waals surface area contributed by atoms with Crippen LogP contribution in [0, 0.1) is 11.3 Å². The van der Waals surface area contributed by atoms with Gasteiger partial charge < -0.3 is 19.8 Å². The molecule has 1 aliphatic heterocycles. The van der Waals surface area contributed by atoms with Gasteiger partial charge in [0.25, 0.3) is 5.91 Å². The molecule has 9 heteroatoms. The van der Waals surface area contributed by atoms with Crippen LogP contribution < -0.4 is 16.4 Å². The molecule has 0 saturated carbocycles. The van der Waals surface area contributed by atoms with Crippen LogP contribution in [0.1, 0.15) is 18.9 Å². The Morgan fingerprint density at radius 3 is 2.76 bits per heavy atom. The van der Waals surface area contributed by atoms with E-state index in [4.69, 9.17) is 9.15 Å². The predicted molar refractivity (Wildman–Crippen MR) is 120 cm³/mol. The molecule has 1 aromatic heterocycles. The number of carbonyl (C=O) groups excluding carboxylic acids is 1. The molecule has 3 aromatic rings. The maximum absolute atomic E-state index is 15.7. The smallest absolute Gasteiger partial charge is 0.408 e. The highest BCUT2D eigenvalue weighted by Crippen LogP contribution is 2.32. The van der Waals surface area contributed by atoms with E-state index in [2.05, 4.69) is 10.6 Å². The number of hydrogen-bond donors (Lipinski definition) is 2. The van der Waals surface area contributed by atoms with Crippen LogP contribution in [0.3, 0.4) is 0 Å². The SMILES string of the molecule is Cn1c(=O)oc2ccc(-c3ccc(C(C)(F)[C@@H](C#N)NC(=O)[C@@H]4CNCCCO4)cc3)cc21. The minimum Gasteiger partial charge on any atom is -0.408 e. The first kappa shape index (κ1) is 22.7. The molecule has 172 valence electrons. The lowest BCUT2D eigenvalue weighted by molar-refractivity contribution is -0.133. The van der Waals surface area contributed by atoms with E-state index >= 15 is 4.39 Å². The maximum atomic E-state index is 15.7. The molecule has 1 saturated heterocycles. The zero-order chi connectivity index (χ0) is 23.6. The van der Waals surface area contributed by atoms with E-state index in [9.17, 15) is 14.9 Å². The molecule has 0 aliphatic carbocycles. The van der Waals surface area contributed by atoms with Crippen molar-refractivity contribution in [1.82, 2.24) is 15.2 Å². The Morgan fingerprint density at radius 2 is 2.03 bits per heavy atom. The Labute approximate surface area is 189 Å². The highest BCUT2D eigenvalue weighted by molar-refractivity contribution is 5.82. The molecular formula is C24H25FN4O4. The van der Waals surface area contributed by atoms with Gasteiger partial charge in [0.2, 0.25) is 0 Å². The number of benzene rings is 2. The van der Waals surface area contributed by atoms with E-state index in [0.29, 0.717) is 24.3 Å². The molecule has 3 atom stereocenters. The van der Waals surface area contributed by atoms with Gasteiger partial charge in [0.05, 0.1) is 11.6 Å². The average Bonchev–Trinajstić information content (AvgIpc) is 3.00. The van der Waals surface area contributed by atoms with Crippen LogP contribution in [0.15, 0.2) is 51.7 Å². The summed E-state index contributed by atoms with van der Waals surface area (Å²) in [7, 11) is 1.63. The van der Waals surface area contributed by atoms with Crippen LogP contribution in [0.4, 0.5) is 4.39 Å². The van der Waals surface area contributed by atoms with E-state index < -0.39 is 29.5 Å². The number of halogens is 1. The lowest BCUT2D eigenvalue weighted by Gasteiger charge is -2.28. The number of fused-ring (bicyclic) bond motifs is 1. The van der Waals surface area contributed by atoms with E-state index in [1.807, 2.05) is 18.2 Å². The van der Waals surface area contributed by atoms with Gasteiger partial charge in [-0.05, 0) is 48.7 Å². The molecule has 1 aliphatic rings. The highest BCUT2D eigenvalue weighted by Gasteiger charge is 2.39. The van der Waals surface area contributed by atoms with Crippen LogP contribution in [0.2, 0.25) is 0 Å². The first-order valence-electron chi connectivity index (χ1n) is 10.7. The quantitative estimate of drug-likeness (QED) is 0.615. The van der Waals surface area contributed by atoms with Gasteiger partial charge in [0, 0.05) is 20.2 Å². The van der Waals surface area contributed by atoms with E-state index in [1.54, 1.807) is 37.4 Å². The van der Waals surface area contributed by atoms with Crippen molar-refractivity contribution in [3.05, 3.63) is 58.6 Å². The summed E-state index contributed by atoms with van der Waals surface area (Å²) in [5, 5.41) is 15.2. The Bertz CT molecular complexity index is 1250. The largest absolute Gasteiger partial charge is 0.419 e. The zero-order valence-electron chi connectivity index (χ0n) is 18.4. The first-order chi connectivity index (χ1) is 15.8. The number of aryl methyl sites for hydroxylation is 1. The fourth-order valence-corrected chi connectivity index (χ4v) is 3.87. The number of rotatable bonds is 5. The fourth-order valence-electron chi connectivity index (χ4n) is 3.87. The molecule has 0 spiro atoms. The fraction of sp³-hybridized carbons (Fsp3) is 0.375. The van der Waals surface area contributed by atoms with Gasteiger partial charge in [-0.25, -0.2) is 9.18 Å². The Hall–Kier alpha value is -3.48. The molecule has 1 amide bonds. The van der Waals surface area contributed by atoms with Crippen molar-refractivity contribution in [2.24, 2.45) is 7.05 Å². The summed E-state index contributed by atoms with van der Waals surface area (Å²) in [6, 6.07) is 12.5. The molecular weight excluding hydrogens is 427 g/mol. The van der Waals surface area contributed by atoms with Crippen molar-refractivity contribution >= 4 is 17.0 Å². The summed E-state index contributed by atoms with van der Waals surface area (Å²) in [6.07, 6.45) is 0.0120. The molecule has 1 fully saturated rings. The topological polar surface area (TPSA) is 109 Å². The van der Waals surface area contributed by atoms with Gasteiger partial charge in [0.15, 0.2) is 17.3 Å². The van der Waals surface area contributed by atoms with E-state index in [1.165, 1.54) is 11.5 Å². The van der Waals surface area contributed by atoms with Gasteiger partial charge >= 0.3 is 5.76 Å². The van der Waals surface area contributed by atoms with Gasteiger partial charge in [-0.1, -0.05) is 30.3 Å². The summed E-state index contributed by atoms with van der Waals surface area (Å²) in [5.41, 5.74) is 0.906. The lowest BCUT2D eigenvalue weighted by Crippen LogP contribution is -2.51. The summed E-state index contributed by atoms with van der Waals surface area (Å²) >= 11 is 0. The third-order valence-electron chi connectivity index (χ3n) is 5.97. The Kier molecular flexibility index (Phi) is 6.31. The van der Waals surface area contributed by atoms with Crippen molar-refractivity contribution < 1.29 is 18.3 Å². The number of ether oxygens (including phenoxy) is 1. The van der Waals surface area contributed by atoms with E-state index in [-0.39, 0.29) is 5.56 Å². The van der Waals surface area contributed by atoms with Crippen molar-refractivity contribution in [2.45, 2.75) is 31.2 Å². The van der Waals surface area contributed by atoms with Crippen LogP contribution in [0.25, 0.3) is 22.2 Å². The summed E-state index contributed by atoms with van der Waals surface area (Å²) in [6.45, 7) is 2.75. The second-order valence-corrected chi connectivity index (χ2v) is 8.25. The van der Waals surface area contributed by atoms with Crippen molar-refractivity contribution in [2.75, 3.05) is 19.7 Å². The number of nitriles is 1. The summed E-state index contributed by atoms with van der Waals surface area (Å²) in [4.78, 5) is 24.3. The Balaban J connectivity index is 1.54. The lowest BCUT2D eigenvalue weighted by atomic mass is 9.89. The van der Waals surface area contributed by atoms with Crippen LogP contribution in [0.5, 0.6) is 0 Å². The molecule has 8 nitrogen and oxygen atoms in total. The molecule has 0 radical (unpaired) electrons. The normalized spacial score (nSPS) is 19.3. The molecule has 1 unspecified atom stereocenters. The number of carbonyl (C=O) groups is 1. The van der Waals surface area contributed by atoms with Gasteiger partial charge in [-0.2, -0.15) is 5.26 Å². The molecule has 2 heterocycles. The minimum absolute atomic E-state index is 0.259. The van der Waals surface area contributed by atoms with Gasteiger partial charge in [-0.3, -0.25) is 9.36 Å². The van der Waals surface area contributed by atoms with Gasteiger partial charge in [-0.15, -0.1) is 0 Å². The number of aromatic nitrogens is 1. The van der Waals surface area contributed by atoms with E-state index in [0.717, 1.165) is 24.1 Å². The predicted octanol–water partition coefficient (Wildman–Crippen LogP) is 2.37. The number of oxazole rings is 1. The first-order valence-corrected chi connectivity index (χ1v) is 10.7. The van der Waals surface area contributed by atoms with Crippen LogP contribution in [-0.4, -0.2) is 42.3 Å². The van der Waals surface area contributed by atoms with Gasteiger partial charge in [0.1, 0.15) is 6.10 Å². The number of hydrogen-bond acceptors (Lipinski definition) is 6. The summed E-state index contributed by atoms with van der Waals surface area (Å²) in [5.74, 6) is -0.962. The molecule has 2 aromatic carbocycles. The standard InChI is InChI=1S/C24H25FN4O4/c1-24(25,21(13-26)28-22(30)20-14-27-10-3-11-32-20)17-7-4-15(5-8-17)16-6-9-19-18(12-16)29(2)23(31)33-19/h4-9,12,20-21,27H,3,10-11,14H2,1-2H3,(H,28,30)/t20-,21+,24?/m0/s1. The number of nitrogens with one attached hydrogen (secondary N) is 2. The van der Waals surface area contributed by atoms with Crippen molar-refractivity contribution in [3.8, 4) is 17.2 Å². The monoisotopic (exact) mass is 452 g/mol. The number of amides is 1. The highest BCUT2D eigenvalue weighted by atomic mass is 19.1.